The van der Waals surface area contributed by atoms with E-state index in [1.54, 1.807) is 24.3 Å². The molecular formula is C21H19N7O. The van der Waals surface area contributed by atoms with E-state index in [1.807, 2.05) is 32.0 Å². The zero-order valence-corrected chi connectivity index (χ0v) is 16.1. The number of aromatic amines is 1. The molecule has 0 fully saturated rings. The lowest BCUT2D eigenvalue weighted by molar-refractivity contribution is 0.943. The normalized spacial score (nSPS) is 10.1. The van der Waals surface area contributed by atoms with Gasteiger partial charge < -0.3 is 10.6 Å². The molecule has 2 aromatic carbocycles. The van der Waals surface area contributed by atoms with E-state index in [4.69, 9.17) is 10.5 Å². The van der Waals surface area contributed by atoms with Crippen molar-refractivity contribution in [2.24, 2.45) is 0 Å². The summed E-state index contributed by atoms with van der Waals surface area (Å²) in [5.74, 6) is 0.338. The fourth-order valence-electron chi connectivity index (χ4n) is 2.95. The van der Waals surface area contributed by atoms with Crippen LogP contribution in [0.5, 0.6) is 0 Å². The van der Waals surface area contributed by atoms with Crippen LogP contribution < -0.4 is 16.2 Å². The van der Waals surface area contributed by atoms with Gasteiger partial charge in [0.1, 0.15) is 0 Å². The summed E-state index contributed by atoms with van der Waals surface area (Å²) in [7, 11) is 0. The van der Waals surface area contributed by atoms with Crippen molar-refractivity contribution in [2.75, 3.05) is 10.6 Å². The molecule has 0 aliphatic heterocycles. The van der Waals surface area contributed by atoms with Crippen molar-refractivity contribution in [1.82, 2.24) is 15.2 Å². The van der Waals surface area contributed by atoms with Crippen LogP contribution in [0.1, 0.15) is 28.7 Å². The maximum Gasteiger partial charge on any atom is 0.307 e. The summed E-state index contributed by atoms with van der Waals surface area (Å²) in [4.78, 5) is 16.4. The summed E-state index contributed by atoms with van der Waals surface area (Å²) in [5.41, 5.74) is 4.63. The van der Waals surface area contributed by atoms with Gasteiger partial charge in [-0.1, -0.05) is 12.1 Å². The molecule has 3 N–H and O–H groups in total. The number of hydrogen-bond donors (Lipinski definition) is 3. The Kier molecular flexibility index (Phi) is 5.86. The first kappa shape index (κ1) is 19.6. The SMILES string of the molecule is Cc1cc(CCC#N)cc(C)c1Nc1n[nH]c(=O)c(Nc2ccc(C#N)cc2)n1. The minimum absolute atomic E-state index is 0.0909. The first-order chi connectivity index (χ1) is 14.0. The van der Waals surface area contributed by atoms with Gasteiger partial charge >= 0.3 is 5.56 Å². The Balaban J connectivity index is 1.84. The molecule has 0 unspecified atom stereocenters. The highest BCUT2D eigenvalue weighted by Gasteiger charge is 2.10. The van der Waals surface area contributed by atoms with Gasteiger partial charge in [-0.05, 0) is 61.2 Å². The third kappa shape index (κ3) is 4.76. The van der Waals surface area contributed by atoms with Crippen molar-refractivity contribution < 1.29 is 0 Å². The number of nitrogens with zero attached hydrogens (tertiary/aromatic N) is 4. The Morgan fingerprint density at radius 1 is 1.07 bits per heavy atom. The Morgan fingerprint density at radius 2 is 1.76 bits per heavy atom. The van der Waals surface area contributed by atoms with E-state index < -0.39 is 5.56 Å². The molecular weight excluding hydrogens is 366 g/mol. The maximum absolute atomic E-state index is 12.1. The first-order valence-electron chi connectivity index (χ1n) is 8.98. The van der Waals surface area contributed by atoms with E-state index in [1.165, 1.54) is 0 Å². The molecule has 0 saturated carbocycles. The fraction of sp³-hybridized carbons (Fsp3) is 0.190. The van der Waals surface area contributed by atoms with E-state index >= 15 is 0 Å². The molecule has 0 aliphatic rings. The number of hydrogen-bond acceptors (Lipinski definition) is 7. The van der Waals surface area contributed by atoms with Crippen molar-refractivity contribution in [3.63, 3.8) is 0 Å². The van der Waals surface area contributed by atoms with Gasteiger partial charge in [0.25, 0.3) is 0 Å². The second-order valence-corrected chi connectivity index (χ2v) is 6.54. The number of H-pyrrole nitrogens is 1. The van der Waals surface area contributed by atoms with Crippen LogP contribution in [-0.4, -0.2) is 15.2 Å². The Bertz CT molecular complexity index is 1140. The van der Waals surface area contributed by atoms with Gasteiger partial charge in [0.05, 0.1) is 17.7 Å². The highest BCUT2D eigenvalue weighted by Crippen LogP contribution is 2.25. The second-order valence-electron chi connectivity index (χ2n) is 6.54. The van der Waals surface area contributed by atoms with Crippen LogP contribution in [0.3, 0.4) is 0 Å². The minimum atomic E-state index is -0.458. The van der Waals surface area contributed by atoms with Gasteiger partial charge in [-0.2, -0.15) is 15.5 Å². The van der Waals surface area contributed by atoms with Crippen molar-refractivity contribution >= 4 is 23.1 Å². The van der Waals surface area contributed by atoms with E-state index in [-0.39, 0.29) is 11.8 Å². The summed E-state index contributed by atoms with van der Waals surface area (Å²) in [6.45, 7) is 3.93. The van der Waals surface area contributed by atoms with Gasteiger partial charge in [0, 0.05) is 17.8 Å². The van der Waals surface area contributed by atoms with E-state index in [2.05, 4.69) is 31.9 Å². The summed E-state index contributed by atoms with van der Waals surface area (Å²) in [5, 5.41) is 30.1. The van der Waals surface area contributed by atoms with Gasteiger partial charge in [0.2, 0.25) is 11.8 Å². The van der Waals surface area contributed by atoms with Crippen LogP contribution in [0.4, 0.5) is 23.1 Å². The second kappa shape index (κ2) is 8.68. The summed E-state index contributed by atoms with van der Waals surface area (Å²) < 4.78 is 0. The van der Waals surface area contributed by atoms with Crippen LogP contribution in [0.2, 0.25) is 0 Å². The Morgan fingerprint density at radius 3 is 2.38 bits per heavy atom. The highest BCUT2D eigenvalue weighted by molar-refractivity contribution is 5.65. The number of benzene rings is 2. The van der Waals surface area contributed by atoms with E-state index in [0.717, 1.165) is 22.4 Å². The number of nitrogens with one attached hydrogen (secondary N) is 3. The lowest BCUT2D eigenvalue weighted by Crippen LogP contribution is -2.17. The van der Waals surface area contributed by atoms with Crippen molar-refractivity contribution in [2.45, 2.75) is 26.7 Å². The Labute approximate surface area is 167 Å². The van der Waals surface area contributed by atoms with Crippen molar-refractivity contribution in [3.05, 3.63) is 69.0 Å². The maximum atomic E-state index is 12.1. The molecule has 3 aromatic rings. The molecule has 0 atom stereocenters. The molecule has 0 amide bonds. The molecule has 29 heavy (non-hydrogen) atoms. The molecule has 0 spiro atoms. The zero-order chi connectivity index (χ0) is 20.8. The molecule has 8 heteroatoms. The first-order valence-corrected chi connectivity index (χ1v) is 8.98. The van der Waals surface area contributed by atoms with Crippen LogP contribution >= 0.6 is 0 Å². The van der Waals surface area contributed by atoms with Crippen LogP contribution in [0.25, 0.3) is 0 Å². The van der Waals surface area contributed by atoms with Gasteiger partial charge in [-0.25, -0.2) is 5.10 Å². The molecule has 0 radical (unpaired) electrons. The molecule has 3 rings (SSSR count). The standard InChI is InChI=1S/C21H19N7O/c1-13-10-16(4-3-9-22)11-14(2)18(13)25-21-26-19(20(29)27-28-21)24-17-7-5-15(12-23)6-8-17/h5-8,10-11H,3-4H2,1-2H3,(H,27,29)(H2,24,25,26,28). The zero-order valence-electron chi connectivity index (χ0n) is 16.1. The summed E-state index contributed by atoms with van der Waals surface area (Å²) in [6.07, 6.45) is 1.17. The number of aromatic nitrogens is 3. The smallest absolute Gasteiger partial charge is 0.307 e. The van der Waals surface area contributed by atoms with Crippen LogP contribution in [0, 0.1) is 36.5 Å². The van der Waals surface area contributed by atoms with Crippen LogP contribution in [-0.2, 0) is 6.42 Å². The molecule has 0 aliphatic carbocycles. The molecule has 1 heterocycles. The largest absolute Gasteiger partial charge is 0.335 e. The lowest BCUT2D eigenvalue weighted by atomic mass is 10.0. The van der Waals surface area contributed by atoms with E-state index in [9.17, 15) is 4.79 Å². The Hall–Kier alpha value is -4.17. The van der Waals surface area contributed by atoms with Gasteiger partial charge in [0.15, 0.2) is 0 Å². The fourth-order valence-corrected chi connectivity index (χ4v) is 2.95. The quantitative estimate of drug-likeness (QED) is 0.591. The molecule has 1 aromatic heterocycles. The van der Waals surface area contributed by atoms with Gasteiger partial charge in [-0.3, -0.25) is 4.79 Å². The van der Waals surface area contributed by atoms with E-state index in [0.29, 0.717) is 24.1 Å². The average molecular weight is 385 g/mol. The summed E-state index contributed by atoms with van der Waals surface area (Å²) >= 11 is 0. The summed E-state index contributed by atoms with van der Waals surface area (Å²) in [6, 6.07) is 14.9. The predicted octanol–water partition coefficient (Wildman–Crippen LogP) is 3.60. The van der Waals surface area contributed by atoms with Gasteiger partial charge in [-0.15, -0.1) is 5.10 Å². The topological polar surface area (TPSA) is 130 Å². The number of anilines is 4. The van der Waals surface area contributed by atoms with Crippen LogP contribution in [0.15, 0.2) is 41.2 Å². The highest BCUT2D eigenvalue weighted by atomic mass is 16.1. The van der Waals surface area contributed by atoms with Crippen molar-refractivity contribution in [3.8, 4) is 12.1 Å². The minimum Gasteiger partial charge on any atom is -0.335 e. The average Bonchev–Trinajstić information content (AvgIpc) is 2.72. The molecule has 144 valence electrons. The lowest BCUT2D eigenvalue weighted by Gasteiger charge is -2.14. The molecule has 8 nitrogen and oxygen atoms in total. The molecule has 0 saturated heterocycles. The predicted molar refractivity (Wildman–Crippen MR) is 110 cm³/mol. The third-order valence-corrected chi connectivity index (χ3v) is 4.33. The number of aryl methyl sites for hydroxylation is 3. The third-order valence-electron chi connectivity index (χ3n) is 4.33. The monoisotopic (exact) mass is 385 g/mol. The number of nitriles is 2. The van der Waals surface area contributed by atoms with Crippen molar-refractivity contribution in [1.29, 1.82) is 10.5 Å². The molecule has 0 bridgehead atoms. The number of rotatable bonds is 6.